The van der Waals surface area contributed by atoms with E-state index < -0.39 is 0 Å². The zero-order valence-electron chi connectivity index (χ0n) is 12.4. The number of carbonyl (C=O) groups excluding carboxylic acids is 1. The van der Waals surface area contributed by atoms with E-state index in [1.54, 1.807) is 12.4 Å². The molecule has 2 rings (SSSR count). The first-order valence-electron chi connectivity index (χ1n) is 7.01. The van der Waals surface area contributed by atoms with Crippen LogP contribution in [0.4, 0.5) is 0 Å². The summed E-state index contributed by atoms with van der Waals surface area (Å²) in [6.07, 6.45) is 4.31. The minimum Gasteiger partial charge on any atom is -0.484 e. The first-order chi connectivity index (χ1) is 10.1. The van der Waals surface area contributed by atoms with E-state index in [1.165, 1.54) is 5.56 Å². The van der Waals surface area contributed by atoms with Gasteiger partial charge in [0.25, 0.3) is 5.91 Å². The third kappa shape index (κ3) is 4.91. The smallest absolute Gasteiger partial charge is 0.257 e. The molecule has 0 unspecified atom stereocenters. The van der Waals surface area contributed by atoms with Crippen molar-refractivity contribution < 1.29 is 9.53 Å². The maximum Gasteiger partial charge on any atom is 0.257 e. The van der Waals surface area contributed by atoms with Crippen LogP contribution in [0, 0.1) is 13.8 Å². The molecule has 1 aromatic carbocycles. The van der Waals surface area contributed by atoms with Gasteiger partial charge >= 0.3 is 0 Å². The molecule has 0 aliphatic heterocycles. The van der Waals surface area contributed by atoms with Crippen molar-refractivity contribution >= 4 is 5.91 Å². The predicted molar refractivity (Wildman–Crippen MR) is 82.4 cm³/mol. The fourth-order valence-corrected chi connectivity index (χ4v) is 1.90. The number of carbonyl (C=O) groups is 1. The van der Waals surface area contributed by atoms with E-state index in [4.69, 9.17) is 4.74 Å². The summed E-state index contributed by atoms with van der Waals surface area (Å²) in [6.45, 7) is 4.69. The minimum absolute atomic E-state index is 0.0372. The lowest BCUT2D eigenvalue weighted by molar-refractivity contribution is -0.123. The number of hydrogen-bond donors (Lipinski definition) is 1. The number of aromatic nitrogens is 1. The average molecular weight is 284 g/mol. The van der Waals surface area contributed by atoms with E-state index in [2.05, 4.69) is 10.3 Å². The molecule has 0 saturated carbocycles. The van der Waals surface area contributed by atoms with Crippen LogP contribution in [0.2, 0.25) is 0 Å². The molecule has 1 amide bonds. The second-order valence-electron chi connectivity index (χ2n) is 5.00. The Morgan fingerprint density at radius 1 is 1.24 bits per heavy atom. The molecule has 4 nitrogen and oxygen atoms in total. The first-order valence-corrected chi connectivity index (χ1v) is 7.01. The molecule has 0 spiro atoms. The van der Waals surface area contributed by atoms with Crippen LogP contribution >= 0.6 is 0 Å². The van der Waals surface area contributed by atoms with Crippen molar-refractivity contribution in [1.29, 1.82) is 0 Å². The summed E-state index contributed by atoms with van der Waals surface area (Å²) >= 11 is 0. The number of amides is 1. The summed E-state index contributed by atoms with van der Waals surface area (Å²) in [7, 11) is 0. The van der Waals surface area contributed by atoms with Gasteiger partial charge in [0.05, 0.1) is 0 Å². The number of nitrogens with one attached hydrogen (secondary N) is 1. The first kappa shape index (κ1) is 15.0. The SMILES string of the molecule is Cc1ccc(OCC(=O)NCCc2cccnc2)cc1C. The van der Waals surface area contributed by atoms with E-state index >= 15 is 0 Å². The van der Waals surface area contributed by atoms with Crippen molar-refractivity contribution in [3.05, 3.63) is 59.4 Å². The second kappa shape index (κ2) is 7.43. The quantitative estimate of drug-likeness (QED) is 0.886. The lowest BCUT2D eigenvalue weighted by Crippen LogP contribution is -2.30. The summed E-state index contributed by atoms with van der Waals surface area (Å²) in [5, 5.41) is 2.84. The maximum atomic E-state index is 11.7. The van der Waals surface area contributed by atoms with Crippen LogP contribution in [0.3, 0.4) is 0 Å². The van der Waals surface area contributed by atoms with Gasteiger partial charge in [-0.2, -0.15) is 0 Å². The molecular formula is C17H20N2O2. The Bertz CT molecular complexity index is 597. The summed E-state index contributed by atoms with van der Waals surface area (Å²) < 4.78 is 5.48. The Morgan fingerprint density at radius 2 is 2.10 bits per heavy atom. The van der Waals surface area contributed by atoms with E-state index in [9.17, 15) is 4.79 Å². The zero-order chi connectivity index (χ0) is 15.1. The molecule has 1 aromatic heterocycles. The lowest BCUT2D eigenvalue weighted by Gasteiger charge is -2.09. The summed E-state index contributed by atoms with van der Waals surface area (Å²) in [6, 6.07) is 9.69. The lowest BCUT2D eigenvalue weighted by atomic mass is 10.1. The van der Waals surface area contributed by atoms with Crippen molar-refractivity contribution in [2.75, 3.05) is 13.2 Å². The van der Waals surface area contributed by atoms with Crippen molar-refractivity contribution in [2.24, 2.45) is 0 Å². The molecule has 1 heterocycles. The van der Waals surface area contributed by atoms with Crippen molar-refractivity contribution in [3.8, 4) is 5.75 Å². The molecule has 0 aliphatic carbocycles. The van der Waals surface area contributed by atoms with Gasteiger partial charge in [-0.25, -0.2) is 0 Å². The highest BCUT2D eigenvalue weighted by molar-refractivity contribution is 5.77. The number of nitrogens with zero attached hydrogens (tertiary/aromatic N) is 1. The van der Waals surface area contributed by atoms with Gasteiger partial charge < -0.3 is 10.1 Å². The van der Waals surface area contributed by atoms with Gasteiger partial charge in [-0.1, -0.05) is 12.1 Å². The molecule has 0 radical (unpaired) electrons. The molecular weight excluding hydrogens is 264 g/mol. The van der Waals surface area contributed by atoms with E-state index in [-0.39, 0.29) is 12.5 Å². The molecule has 1 N–H and O–H groups in total. The number of ether oxygens (including phenoxy) is 1. The van der Waals surface area contributed by atoms with Gasteiger partial charge in [-0.05, 0) is 55.2 Å². The third-order valence-corrected chi connectivity index (χ3v) is 3.31. The molecule has 21 heavy (non-hydrogen) atoms. The van der Waals surface area contributed by atoms with Crippen LogP contribution in [0.15, 0.2) is 42.7 Å². The van der Waals surface area contributed by atoms with Gasteiger partial charge in [0.15, 0.2) is 6.61 Å². The van der Waals surface area contributed by atoms with E-state index in [1.807, 2.05) is 44.2 Å². The highest BCUT2D eigenvalue weighted by atomic mass is 16.5. The van der Waals surface area contributed by atoms with Crippen molar-refractivity contribution in [1.82, 2.24) is 10.3 Å². The number of rotatable bonds is 6. The highest BCUT2D eigenvalue weighted by Gasteiger charge is 2.03. The van der Waals surface area contributed by atoms with Gasteiger partial charge in [-0.15, -0.1) is 0 Å². The zero-order valence-corrected chi connectivity index (χ0v) is 12.4. The van der Waals surface area contributed by atoms with Gasteiger partial charge in [0.2, 0.25) is 0 Å². The number of aryl methyl sites for hydroxylation is 2. The molecule has 0 aliphatic rings. The normalized spacial score (nSPS) is 10.2. The molecule has 110 valence electrons. The van der Waals surface area contributed by atoms with Crippen LogP contribution in [0.25, 0.3) is 0 Å². The molecule has 2 aromatic rings. The third-order valence-electron chi connectivity index (χ3n) is 3.31. The Morgan fingerprint density at radius 3 is 2.81 bits per heavy atom. The second-order valence-corrected chi connectivity index (χ2v) is 5.00. The van der Waals surface area contributed by atoms with Crippen LogP contribution in [-0.4, -0.2) is 24.0 Å². The molecule has 4 heteroatoms. The van der Waals surface area contributed by atoms with Crippen LogP contribution in [0.5, 0.6) is 5.75 Å². The molecule has 0 atom stereocenters. The molecule has 0 bridgehead atoms. The van der Waals surface area contributed by atoms with E-state index in [0.29, 0.717) is 6.54 Å². The van der Waals surface area contributed by atoms with Crippen LogP contribution in [-0.2, 0) is 11.2 Å². The van der Waals surface area contributed by atoms with Gasteiger partial charge in [0.1, 0.15) is 5.75 Å². The summed E-state index contributed by atoms with van der Waals surface area (Å²) in [5.41, 5.74) is 3.47. The number of pyridine rings is 1. The van der Waals surface area contributed by atoms with E-state index in [0.717, 1.165) is 23.3 Å². The summed E-state index contributed by atoms with van der Waals surface area (Å²) in [5.74, 6) is 0.609. The van der Waals surface area contributed by atoms with Crippen LogP contribution < -0.4 is 10.1 Å². The average Bonchev–Trinajstić information content (AvgIpc) is 2.49. The monoisotopic (exact) mass is 284 g/mol. The summed E-state index contributed by atoms with van der Waals surface area (Å²) in [4.78, 5) is 15.7. The van der Waals surface area contributed by atoms with Gasteiger partial charge in [-0.3, -0.25) is 9.78 Å². The number of hydrogen-bond acceptors (Lipinski definition) is 3. The van der Waals surface area contributed by atoms with Crippen LogP contribution in [0.1, 0.15) is 16.7 Å². The predicted octanol–water partition coefficient (Wildman–Crippen LogP) is 2.44. The maximum absolute atomic E-state index is 11.7. The Balaban J connectivity index is 1.71. The molecule has 0 saturated heterocycles. The standard InChI is InChI=1S/C17H20N2O2/c1-13-5-6-16(10-14(13)2)21-12-17(20)19-9-7-15-4-3-8-18-11-15/h3-6,8,10-11H,7,9,12H2,1-2H3,(H,19,20). The van der Waals surface area contributed by atoms with Crippen molar-refractivity contribution in [2.45, 2.75) is 20.3 Å². The Labute approximate surface area is 125 Å². The Hall–Kier alpha value is -2.36. The van der Waals surface area contributed by atoms with Crippen molar-refractivity contribution in [3.63, 3.8) is 0 Å². The largest absolute Gasteiger partial charge is 0.484 e. The number of benzene rings is 1. The van der Waals surface area contributed by atoms with Gasteiger partial charge in [0, 0.05) is 18.9 Å². The molecule has 0 fully saturated rings. The Kier molecular flexibility index (Phi) is 5.32. The fraction of sp³-hybridized carbons (Fsp3) is 0.294. The highest BCUT2D eigenvalue weighted by Crippen LogP contribution is 2.16. The fourth-order valence-electron chi connectivity index (χ4n) is 1.90. The topological polar surface area (TPSA) is 51.2 Å². The minimum atomic E-state index is -0.114.